The molecule has 3 amide bonds. The fourth-order valence-electron chi connectivity index (χ4n) is 3.79. The SMILES string of the molecule is CC(=O)NC[C@H]1CN(c2ccc(-c3ccc(CNC(=O)COc4ccc(Cl)cc4Cl)cc3)c(F)c2)C(=O)O1. The minimum atomic E-state index is -0.597. The maximum atomic E-state index is 15.0. The fraction of sp³-hybridized carbons (Fsp3) is 0.222. The topological polar surface area (TPSA) is 97.0 Å². The lowest BCUT2D eigenvalue weighted by Crippen LogP contribution is -2.33. The molecule has 0 saturated carbocycles. The van der Waals surface area contributed by atoms with Crippen molar-refractivity contribution in [3.63, 3.8) is 0 Å². The summed E-state index contributed by atoms with van der Waals surface area (Å²) in [6.45, 7) is 1.82. The van der Waals surface area contributed by atoms with Crippen LogP contribution >= 0.6 is 23.2 Å². The summed E-state index contributed by atoms with van der Waals surface area (Å²) in [4.78, 5) is 36.8. The number of rotatable bonds is 9. The van der Waals surface area contributed by atoms with Gasteiger partial charge in [-0.05, 0) is 47.5 Å². The molecule has 8 nitrogen and oxygen atoms in total. The van der Waals surface area contributed by atoms with Crippen LogP contribution in [0.3, 0.4) is 0 Å². The van der Waals surface area contributed by atoms with Crippen LogP contribution in [0.5, 0.6) is 5.75 Å². The average molecular weight is 560 g/mol. The molecule has 38 heavy (non-hydrogen) atoms. The van der Waals surface area contributed by atoms with E-state index in [0.29, 0.717) is 32.6 Å². The maximum Gasteiger partial charge on any atom is 0.414 e. The Kier molecular flexibility index (Phi) is 8.70. The van der Waals surface area contributed by atoms with E-state index < -0.39 is 18.0 Å². The summed E-state index contributed by atoms with van der Waals surface area (Å²) >= 11 is 11.9. The highest BCUT2D eigenvalue weighted by molar-refractivity contribution is 6.35. The molecule has 1 saturated heterocycles. The van der Waals surface area contributed by atoms with E-state index in [1.807, 2.05) is 0 Å². The molecule has 0 unspecified atom stereocenters. The predicted molar refractivity (Wildman–Crippen MR) is 142 cm³/mol. The Morgan fingerprint density at radius 2 is 1.84 bits per heavy atom. The van der Waals surface area contributed by atoms with Crippen LogP contribution in [0.15, 0.2) is 60.7 Å². The van der Waals surface area contributed by atoms with Crippen molar-refractivity contribution in [2.24, 2.45) is 0 Å². The number of nitrogens with zero attached hydrogens (tertiary/aromatic N) is 1. The van der Waals surface area contributed by atoms with Crippen molar-refractivity contribution in [3.8, 4) is 16.9 Å². The molecule has 4 rings (SSSR count). The van der Waals surface area contributed by atoms with Gasteiger partial charge in [-0.3, -0.25) is 14.5 Å². The summed E-state index contributed by atoms with van der Waals surface area (Å²) in [5.74, 6) is -0.701. The number of carbonyl (C=O) groups is 3. The van der Waals surface area contributed by atoms with Gasteiger partial charge in [0.05, 0.1) is 23.8 Å². The Balaban J connectivity index is 1.31. The van der Waals surface area contributed by atoms with Gasteiger partial charge >= 0.3 is 6.09 Å². The van der Waals surface area contributed by atoms with E-state index in [-0.39, 0.29) is 38.1 Å². The summed E-state index contributed by atoms with van der Waals surface area (Å²) < 4.78 is 25.6. The number of anilines is 1. The van der Waals surface area contributed by atoms with E-state index in [0.717, 1.165) is 5.56 Å². The molecule has 11 heteroatoms. The van der Waals surface area contributed by atoms with Crippen LogP contribution in [0, 0.1) is 5.82 Å². The molecule has 0 bridgehead atoms. The zero-order valence-electron chi connectivity index (χ0n) is 20.3. The Morgan fingerprint density at radius 1 is 1.08 bits per heavy atom. The van der Waals surface area contributed by atoms with Gasteiger partial charge in [0.25, 0.3) is 5.91 Å². The summed E-state index contributed by atoms with van der Waals surface area (Å²) in [6, 6.07) is 16.3. The summed E-state index contributed by atoms with van der Waals surface area (Å²) in [7, 11) is 0. The normalized spacial score (nSPS) is 14.7. The standard InChI is InChI=1S/C27H24Cl2FN3O5/c1-16(34)31-13-21-14-33(27(36)38-21)20-7-8-22(24(30)11-20)18-4-2-17(3-5-18)12-32-26(35)15-37-25-9-6-19(28)10-23(25)29/h2-11,21H,12-15H2,1H3,(H,31,34)(H,32,35)/t21-/m0/s1. The number of cyclic esters (lactones) is 1. The molecule has 0 aromatic heterocycles. The third kappa shape index (κ3) is 6.93. The second-order valence-electron chi connectivity index (χ2n) is 8.55. The lowest BCUT2D eigenvalue weighted by Gasteiger charge is -2.15. The number of ether oxygens (including phenoxy) is 2. The highest BCUT2D eigenvalue weighted by atomic mass is 35.5. The highest BCUT2D eigenvalue weighted by Crippen LogP contribution is 2.30. The monoisotopic (exact) mass is 559 g/mol. The molecule has 2 N–H and O–H groups in total. The summed E-state index contributed by atoms with van der Waals surface area (Å²) in [5, 5.41) is 6.14. The van der Waals surface area contributed by atoms with Gasteiger partial charge in [0.2, 0.25) is 5.91 Å². The van der Waals surface area contributed by atoms with Crippen LogP contribution in [0.4, 0.5) is 14.9 Å². The van der Waals surface area contributed by atoms with Gasteiger partial charge in [0.1, 0.15) is 17.7 Å². The van der Waals surface area contributed by atoms with Crippen molar-refractivity contribution in [1.82, 2.24) is 10.6 Å². The largest absolute Gasteiger partial charge is 0.482 e. The molecule has 1 heterocycles. The van der Waals surface area contributed by atoms with Crippen LogP contribution in [0.2, 0.25) is 10.0 Å². The molecular formula is C27H24Cl2FN3O5. The van der Waals surface area contributed by atoms with Gasteiger partial charge in [0.15, 0.2) is 6.61 Å². The maximum absolute atomic E-state index is 15.0. The van der Waals surface area contributed by atoms with Crippen molar-refractivity contribution >= 4 is 46.8 Å². The van der Waals surface area contributed by atoms with E-state index in [4.69, 9.17) is 32.7 Å². The van der Waals surface area contributed by atoms with Crippen molar-refractivity contribution in [2.75, 3.05) is 24.6 Å². The quantitative estimate of drug-likeness (QED) is 0.386. The number of benzene rings is 3. The molecule has 0 radical (unpaired) electrons. The Bertz CT molecular complexity index is 1350. The smallest absolute Gasteiger partial charge is 0.414 e. The fourth-order valence-corrected chi connectivity index (χ4v) is 4.25. The Labute approximate surface area is 228 Å². The zero-order valence-corrected chi connectivity index (χ0v) is 21.8. The summed E-state index contributed by atoms with van der Waals surface area (Å²) in [5.41, 5.74) is 2.18. The zero-order chi connectivity index (χ0) is 27.2. The minimum Gasteiger partial charge on any atom is -0.482 e. The number of hydrogen-bond donors (Lipinski definition) is 2. The average Bonchev–Trinajstić information content (AvgIpc) is 3.26. The number of amides is 3. The first-order valence-electron chi connectivity index (χ1n) is 11.7. The molecule has 3 aromatic rings. The van der Waals surface area contributed by atoms with Crippen molar-refractivity contribution in [2.45, 2.75) is 19.6 Å². The lowest BCUT2D eigenvalue weighted by atomic mass is 10.0. The Hall–Kier alpha value is -3.82. The molecular weight excluding hydrogens is 536 g/mol. The molecule has 1 aliphatic heterocycles. The first-order valence-corrected chi connectivity index (χ1v) is 12.4. The number of nitrogens with one attached hydrogen (secondary N) is 2. The first kappa shape index (κ1) is 27.2. The van der Waals surface area contributed by atoms with E-state index in [2.05, 4.69) is 10.6 Å². The molecule has 0 spiro atoms. The number of halogens is 3. The van der Waals surface area contributed by atoms with Gasteiger partial charge in [0, 0.05) is 24.1 Å². The summed E-state index contributed by atoms with van der Waals surface area (Å²) in [6.07, 6.45) is -1.11. The van der Waals surface area contributed by atoms with Gasteiger partial charge in [-0.2, -0.15) is 0 Å². The van der Waals surface area contributed by atoms with E-state index in [1.165, 1.54) is 24.0 Å². The van der Waals surface area contributed by atoms with E-state index >= 15 is 0 Å². The molecule has 198 valence electrons. The van der Waals surface area contributed by atoms with E-state index in [9.17, 15) is 18.8 Å². The number of carbonyl (C=O) groups excluding carboxylic acids is 3. The second-order valence-corrected chi connectivity index (χ2v) is 9.40. The lowest BCUT2D eigenvalue weighted by molar-refractivity contribution is -0.123. The predicted octanol–water partition coefficient (Wildman–Crippen LogP) is 4.96. The van der Waals surface area contributed by atoms with Crippen molar-refractivity contribution in [3.05, 3.63) is 82.1 Å². The minimum absolute atomic E-state index is 0.189. The Morgan fingerprint density at radius 3 is 2.53 bits per heavy atom. The van der Waals surface area contributed by atoms with Crippen LogP contribution in [0.1, 0.15) is 12.5 Å². The molecule has 3 aromatic carbocycles. The van der Waals surface area contributed by atoms with Crippen LogP contribution < -0.4 is 20.3 Å². The van der Waals surface area contributed by atoms with Crippen LogP contribution in [-0.4, -0.2) is 43.7 Å². The van der Waals surface area contributed by atoms with Crippen LogP contribution in [0.25, 0.3) is 11.1 Å². The second kappa shape index (κ2) is 12.1. The van der Waals surface area contributed by atoms with Crippen LogP contribution in [-0.2, 0) is 20.9 Å². The third-order valence-electron chi connectivity index (χ3n) is 5.72. The molecule has 1 atom stereocenters. The molecule has 1 fully saturated rings. The molecule has 0 aliphatic carbocycles. The van der Waals surface area contributed by atoms with Gasteiger partial charge in [-0.25, -0.2) is 9.18 Å². The number of hydrogen-bond acceptors (Lipinski definition) is 5. The molecule has 1 aliphatic rings. The van der Waals surface area contributed by atoms with Gasteiger partial charge < -0.3 is 20.1 Å². The van der Waals surface area contributed by atoms with Gasteiger partial charge in [-0.1, -0.05) is 47.5 Å². The third-order valence-corrected chi connectivity index (χ3v) is 6.25. The van der Waals surface area contributed by atoms with Crippen molar-refractivity contribution < 1.29 is 28.2 Å². The van der Waals surface area contributed by atoms with Crippen molar-refractivity contribution in [1.29, 1.82) is 0 Å². The first-order chi connectivity index (χ1) is 18.2. The highest BCUT2D eigenvalue weighted by Gasteiger charge is 2.32. The van der Waals surface area contributed by atoms with Gasteiger partial charge in [-0.15, -0.1) is 0 Å². The van der Waals surface area contributed by atoms with E-state index in [1.54, 1.807) is 48.5 Å².